The van der Waals surface area contributed by atoms with Gasteiger partial charge in [0.05, 0.1) is 28.8 Å². The molecule has 0 bridgehead atoms. The van der Waals surface area contributed by atoms with Crippen molar-refractivity contribution in [2.24, 2.45) is 5.41 Å². The summed E-state index contributed by atoms with van der Waals surface area (Å²) in [5.74, 6) is -1.02. The minimum atomic E-state index is -0.480. The molecule has 1 aromatic carbocycles. The van der Waals surface area contributed by atoms with Gasteiger partial charge in [0.2, 0.25) is 5.91 Å². The first-order valence-electron chi connectivity index (χ1n) is 12.0. The number of rotatable bonds is 5. The number of amides is 3. The van der Waals surface area contributed by atoms with Crippen molar-refractivity contribution in [2.45, 2.75) is 44.2 Å². The van der Waals surface area contributed by atoms with E-state index in [0.29, 0.717) is 51.0 Å². The van der Waals surface area contributed by atoms with E-state index in [9.17, 15) is 18.8 Å². The van der Waals surface area contributed by atoms with Crippen molar-refractivity contribution in [3.8, 4) is 0 Å². The molecule has 11 heteroatoms. The largest absolute Gasteiger partial charge is 0.362 e. The number of likely N-dealkylation sites (tertiary alicyclic amines) is 1. The molecule has 0 aromatic heterocycles. The molecule has 1 saturated carbocycles. The fraction of sp³-hybridized carbons (Fsp3) is 0.542. The predicted octanol–water partition coefficient (Wildman–Crippen LogP) is 1.05. The lowest BCUT2D eigenvalue weighted by Crippen LogP contribution is -2.58. The van der Waals surface area contributed by atoms with E-state index in [4.69, 9.17) is 11.6 Å². The van der Waals surface area contributed by atoms with Crippen LogP contribution in [0.25, 0.3) is 0 Å². The minimum Gasteiger partial charge on any atom is -0.362 e. The second-order valence-corrected chi connectivity index (χ2v) is 10.4. The molecule has 0 atom stereocenters. The monoisotopic (exact) mass is 504 g/mol. The normalized spacial score (nSPS) is 27.0. The molecule has 4 N–H and O–H groups in total. The molecule has 3 fully saturated rings. The maximum atomic E-state index is 13.4. The van der Waals surface area contributed by atoms with Crippen molar-refractivity contribution in [2.75, 3.05) is 38.3 Å². The van der Waals surface area contributed by atoms with Gasteiger partial charge in [0.25, 0.3) is 11.8 Å². The number of nitrogens with zero attached hydrogens (tertiary/aromatic N) is 2. The predicted molar refractivity (Wildman–Crippen MR) is 129 cm³/mol. The summed E-state index contributed by atoms with van der Waals surface area (Å²) in [6, 6.07) is 4.10. The molecule has 35 heavy (non-hydrogen) atoms. The quantitative estimate of drug-likeness (QED) is 0.478. The highest BCUT2D eigenvalue weighted by atomic mass is 35.5. The Kier molecular flexibility index (Phi) is 6.35. The van der Waals surface area contributed by atoms with Gasteiger partial charge in [-0.3, -0.25) is 14.4 Å². The first-order valence-corrected chi connectivity index (χ1v) is 12.4. The molecule has 2 saturated heterocycles. The standard InChI is InChI=1S/C24H30ClFN6O3/c1-31-11-16(12-31)30-22(34)20-19(27-13-28-20)21(33)29-15-4-6-24(7-5-15)8-9-32(23(24)35)18-3-2-14(26)10-17(18)25/h2-3,10,15-16,27-28H,4-9,11-13H2,1H3,(H,29,33)(H,30,34)/t15-,24-. The Hall–Kier alpha value is -2.85. The highest BCUT2D eigenvalue weighted by Gasteiger charge is 2.49. The number of benzene rings is 1. The van der Waals surface area contributed by atoms with E-state index in [1.54, 1.807) is 11.0 Å². The van der Waals surface area contributed by atoms with Gasteiger partial charge in [-0.1, -0.05) is 11.6 Å². The molecule has 3 aliphatic heterocycles. The average molecular weight is 505 g/mol. The second-order valence-electron chi connectivity index (χ2n) is 10.0. The molecule has 5 rings (SSSR count). The van der Waals surface area contributed by atoms with Gasteiger partial charge in [-0.15, -0.1) is 0 Å². The van der Waals surface area contributed by atoms with Crippen LogP contribution in [0.4, 0.5) is 10.1 Å². The summed E-state index contributed by atoms with van der Waals surface area (Å²) >= 11 is 6.20. The van der Waals surface area contributed by atoms with Crippen molar-refractivity contribution >= 4 is 35.0 Å². The third kappa shape index (κ3) is 4.56. The number of carbonyl (C=O) groups is 3. The molecule has 4 aliphatic rings. The summed E-state index contributed by atoms with van der Waals surface area (Å²) in [4.78, 5) is 42.7. The Labute approximate surface area is 208 Å². The maximum absolute atomic E-state index is 13.4. The Morgan fingerprint density at radius 2 is 1.69 bits per heavy atom. The van der Waals surface area contributed by atoms with E-state index < -0.39 is 11.2 Å². The summed E-state index contributed by atoms with van der Waals surface area (Å²) in [7, 11) is 1.99. The molecular weight excluding hydrogens is 475 g/mol. The summed E-state index contributed by atoms with van der Waals surface area (Å²) < 4.78 is 13.4. The number of hydrogen-bond acceptors (Lipinski definition) is 6. The lowest BCUT2D eigenvalue weighted by Gasteiger charge is -2.36. The molecular formula is C24H30ClFN6O3. The van der Waals surface area contributed by atoms with E-state index in [1.807, 2.05) is 7.05 Å². The van der Waals surface area contributed by atoms with Crippen LogP contribution in [0.1, 0.15) is 32.1 Å². The lowest BCUT2D eigenvalue weighted by atomic mass is 9.71. The molecule has 188 valence electrons. The van der Waals surface area contributed by atoms with Crippen molar-refractivity contribution in [1.82, 2.24) is 26.2 Å². The van der Waals surface area contributed by atoms with Crippen LogP contribution in [0.5, 0.6) is 0 Å². The third-order valence-corrected chi connectivity index (χ3v) is 7.93. The maximum Gasteiger partial charge on any atom is 0.270 e. The first-order chi connectivity index (χ1) is 16.8. The average Bonchev–Trinajstić information content (AvgIpc) is 3.41. The fourth-order valence-corrected chi connectivity index (χ4v) is 5.89. The van der Waals surface area contributed by atoms with Gasteiger partial charge in [-0.2, -0.15) is 0 Å². The van der Waals surface area contributed by atoms with Gasteiger partial charge in [0.1, 0.15) is 17.2 Å². The van der Waals surface area contributed by atoms with Crippen molar-refractivity contribution < 1.29 is 18.8 Å². The van der Waals surface area contributed by atoms with Crippen LogP contribution in [0.2, 0.25) is 5.02 Å². The lowest BCUT2D eigenvalue weighted by molar-refractivity contribution is -0.127. The zero-order valence-corrected chi connectivity index (χ0v) is 20.4. The van der Waals surface area contributed by atoms with Crippen LogP contribution in [0.3, 0.4) is 0 Å². The van der Waals surface area contributed by atoms with Crippen LogP contribution >= 0.6 is 11.6 Å². The molecule has 3 heterocycles. The SMILES string of the molecule is CN1CC(NC(=O)C2=C(C(=O)N[C@H]3CC[C@@]4(CCN(c5ccc(F)cc5Cl)C4=O)CC3)NCN2)C1. The van der Waals surface area contributed by atoms with Gasteiger partial charge in [-0.25, -0.2) is 4.39 Å². The van der Waals surface area contributed by atoms with Crippen molar-refractivity contribution in [3.63, 3.8) is 0 Å². The molecule has 3 amide bonds. The van der Waals surface area contributed by atoms with E-state index >= 15 is 0 Å². The number of hydrogen-bond donors (Lipinski definition) is 4. The zero-order valence-electron chi connectivity index (χ0n) is 19.6. The number of anilines is 1. The molecule has 0 unspecified atom stereocenters. The van der Waals surface area contributed by atoms with Crippen LogP contribution in [-0.4, -0.2) is 68.1 Å². The number of likely N-dealkylation sites (N-methyl/N-ethyl adjacent to an activating group) is 1. The number of halogens is 2. The Morgan fingerprint density at radius 1 is 1.06 bits per heavy atom. The van der Waals surface area contributed by atoms with Crippen LogP contribution in [-0.2, 0) is 14.4 Å². The second kappa shape index (κ2) is 9.31. The van der Waals surface area contributed by atoms with E-state index in [2.05, 4.69) is 26.2 Å². The summed E-state index contributed by atoms with van der Waals surface area (Å²) in [6.07, 6.45) is 3.34. The highest BCUT2D eigenvalue weighted by Crippen LogP contribution is 2.47. The highest BCUT2D eigenvalue weighted by molar-refractivity contribution is 6.34. The van der Waals surface area contributed by atoms with Crippen LogP contribution in [0, 0.1) is 11.2 Å². The third-order valence-electron chi connectivity index (χ3n) is 7.63. The van der Waals surface area contributed by atoms with Crippen molar-refractivity contribution in [3.05, 3.63) is 40.4 Å². The topological polar surface area (TPSA) is 106 Å². The molecule has 1 aliphatic carbocycles. The smallest absolute Gasteiger partial charge is 0.270 e. The summed E-state index contributed by atoms with van der Waals surface area (Å²) in [5.41, 5.74) is 0.579. The molecule has 1 aromatic rings. The Balaban J connectivity index is 1.18. The molecule has 1 spiro atoms. The van der Waals surface area contributed by atoms with Gasteiger partial charge >= 0.3 is 0 Å². The first kappa shape index (κ1) is 23.9. The molecule has 9 nitrogen and oxygen atoms in total. The van der Waals surface area contributed by atoms with Crippen LogP contribution in [0.15, 0.2) is 29.6 Å². The Morgan fingerprint density at radius 3 is 2.29 bits per heavy atom. The minimum absolute atomic E-state index is 0.0146. The fourth-order valence-electron chi connectivity index (χ4n) is 5.62. The summed E-state index contributed by atoms with van der Waals surface area (Å²) in [5, 5.41) is 12.1. The van der Waals surface area contributed by atoms with Crippen LogP contribution < -0.4 is 26.2 Å². The van der Waals surface area contributed by atoms with Crippen molar-refractivity contribution in [1.29, 1.82) is 0 Å². The Bertz CT molecular complexity index is 1080. The van der Waals surface area contributed by atoms with E-state index in [-0.39, 0.29) is 46.2 Å². The van der Waals surface area contributed by atoms with E-state index in [1.165, 1.54) is 12.1 Å². The number of nitrogens with one attached hydrogen (secondary N) is 4. The summed E-state index contributed by atoms with van der Waals surface area (Å²) in [6.45, 7) is 2.45. The van der Waals surface area contributed by atoms with Gasteiger partial charge < -0.3 is 31.1 Å². The zero-order chi connectivity index (χ0) is 24.7. The number of carbonyl (C=O) groups excluding carboxylic acids is 3. The van der Waals surface area contributed by atoms with Gasteiger partial charge in [0, 0.05) is 25.7 Å². The molecule has 0 radical (unpaired) electrons. The van der Waals surface area contributed by atoms with Gasteiger partial charge in [-0.05, 0) is 57.4 Å². The van der Waals surface area contributed by atoms with Gasteiger partial charge in [0.15, 0.2) is 0 Å². The van der Waals surface area contributed by atoms with E-state index in [0.717, 1.165) is 13.1 Å².